The van der Waals surface area contributed by atoms with Gasteiger partial charge in [0, 0.05) is 10.8 Å². The first-order valence-electron chi connectivity index (χ1n) is 4.84. The zero-order chi connectivity index (χ0) is 9.04. The second-order valence-corrected chi connectivity index (χ2v) is 6.17. The standard InChI is InChI=1S/C10H16Cl2/c1-8(2)9(10(8,11)12)6-4-3-5-7-9/h3-7H2,1-2H3. The molecule has 0 radical (unpaired) electrons. The highest BCUT2D eigenvalue weighted by Crippen LogP contribution is 2.82. The third-order valence-corrected chi connectivity index (χ3v) is 5.90. The van der Waals surface area contributed by atoms with E-state index in [2.05, 4.69) is 13.8 Å². The molecule has 2 aliphatic carbocycles. The smallest absolute Gasteiger partial charge is 0.100 e. The maximum absolute atomic E-state index is 6.33. The van der Waals surface area contributed by atoms with Gasteiger partial charge in [-0.2, -0.15) is 0 Å². The van der Waals surface area contributed by atoms with E-state index in [-0.39, 0.29) is 10.8 Å². The molecule has 2 fully saturated rings. The molecule has 1 spiro atoms. The van der Waals surface area contributed by atoms with Crippen LogP contribution in [0.15, 0.2) is 0 Å². The van der Waals surface area contributed by atoms with E-state index in [1.165, 1.54) is 32.1 Å². The fourth-order valence-electron chi connectivity index (χ4n) is 3.03. The van der Waals surface area contributed by atoms with Crippen molar-refractivity contribution >= 4 is 23.2 Å². The summed E-state index contributed by atoms with van der Waals surface area (Å²) in [7, 11) is 0. The second-order valence-electron chi connectivity index (χ2n) is 4.84. The Kier molecular flexibility index (Phi) is 1.78. The van der Waals surface area contributed by atoms with Crippen molar-refractivity contribution in [2.45, 2.75) is 50.3 Å². The minimum atomic E-state index is -0.444. The van der Waals surface area contributed by atoms with Gasteiger partial charge < -0.3 is 0 Å². The molecule has 0 aromatic carbocycles. The van der Waals surface area contributed by atoms with Crippen LogP contribution < -0.4 is 0 Å². The van der Waals surface area contributed by atoms with Crippen LogP contribution in [0.1, 0.15) is 46.0 Å². The van der Waals surface area contributed by atoms with Gasteiger partial charge in [0.25, 0.3) is 0 Å². The first kappa shape index (κ1) is 9.15. The topological polar surface area (TPSA) is 0 Å². The summed E-state index contributed by atoms with van der Waals surface area (Å²) in [5, 5.41) is 0. The fourth-order valence-corrected chi connectivity index (χ4v) is 4.15. The van der Waals surface area contributed by atoms with Crippen LogP contribution in [-0.2, 0) is 0 Å². The van der Waals surface area contributed by atoms with E-state index >= 15 is 0 Å². The highest BCUT2D eigenvalue weighted by atomic mass is 35.5. The van der Waals surface area contributed by atoms with Crippen LogP contribution in [0, 0.1) is 10.8 Å². The lowest BCUT2D eigenvalue weighted by Crippen LogP contribution is -2.15. The lowest BCUT2D eigenvalue weighted by molar-refractivity contribution is 0.269. The largest absolute Gasteiger partial charge is 0.130 e. The van der Waals surface area contributed by atoms with Gasteiger partial charge >= 0.3 is 0 Å². The molecule has 0 aliphatic heterocycles. The molecular weight excluding hydrogens is 191 g/mol. The predicted octanol–water partition coefficient (Wildman–Crippen LogP) is 4.15. The molecule has 0 heterocycles. The molecule has 70 valence electrons. The Hall–Kier alpha value is 0.580. The molecule has 0 unspecified atom stereocenters. The summed E-state index contributed by atoms with van der Waals surface area (Å²) in [6.45, 7) is 4.41. The summed E-state index contributed by atoms with van der Waals surface area (Å²) in [4.78, 5) is 0. The highest BCUT2D eigenvalue weighted by Gasteiger charge is 2.80. The molecule has 0 bridgehead atoms. The number of hydrogen-bond donors (Lipinski definition) is 0. The predicted molar refractivity (Wildman–Crippen MR) is 53.7 cm³/mol. The molecule has 0 nitrogen and oxygen atoms in total. The Morgan fingerprint density at radius 2 is 1.33 bits per heavy atom. The third kappa shape index (κ3) is 0.767. The average Bonchev–Trinajstić information content (AvgIpc) is 2.33. The Balaban J connectivity index is 2.24. The molecule has 0 aromatic heterocycles. The van der Waals surface area contributed by atoms with Gasteiger partial charge in [-0.15, -0.1) is 23.2 Å². The van der Waals surface area contributed by atoms with Crippen LogP contribution in [0.25, 0.3) is 0 Å². The van der Waals surface area contributed by atoms with Crippen molar-refractivity contribution in [2.24, 2.45) is 10.8 Å². The van der Waals surface area contributed by atoms with Crippen molar-refractivity contribution in [2.75, 3.05) is 0 Å². The van der Waals surface area contributed by atoms with E-state index in [1.807, 2.05) is 0 Å². The molecule has 0 atom stereocenters. The molecule has 2 rings (SSSR count). The van der Waals surface area contributed by atoms with Crippen molar-refractivity contribution in [3.63, 3.8) is 0 Å². The van der Waals surface area contributed by atoms with Gasteiger partial charge in [0.15, 0.2) is 0 Å². The van der Waals surface area contributed by atoms with E-state index in [9.17, 15) is 0 Å². The molecule has 12 heavy (non-hydrogen) atoms. The first-order chi connectivity index (χ1) is 5.46. The summed E-state index contributed by atoms with van der Waals surface area (Å²) in [5.74, 6) is 0. The molecule has 0 aromatic rings. The first-order valence-corrected chi connectivity index (χ1v) is 5.59. The molecule has 0 saturated heterocycles. The monoisotopic (exact) mass is 206 g/mol. The summed E-state index contributed by atoms with van der Waals surface area (Å²) in [6.07, 6.45) is 6.44. The van der Waals surface area contributed by atoms with Crippen molar-refractivity contribution in [1.82, 2.24) is 0 Å². The van der Waals surface area contributed by atoms with E-state index < -0.39 is 4.33 Å². The highest BCUT2D eigenvalue weighted by molar-refractivity contribution is 6.52. The lowest BCUT2D eigenvalue weighted by atomic mass is 9.81. The minimum absolute atomic E-state index is 0.142. The van der Waals surface area contributed by atoms with Gasteiger partial charge in [-0.05, 0) is 12.8 Å². The SMILES string of the molecule is CC1(C)C(Cl)(Cl)C12CCCCC2. The van der Waals surface area contributed by atoms with Crippen molar-refractivity contribution in [1.29, 1.82) is 0 Å². The zero-order valence-corrected chi connectivity index (χ0v) is 9.30. The fraction of sp³-hybridized carbons (Fsp3) is 1.00. The summed E-state index contributed by atoms with van der Waals surface area (Å²) < 4.78 is -0.444. The van der Waals surface area contributed by atoms with Crippen molar-refractivity contribution < 1.29 is 0 Å². The maximum Gasteiger partial charge on any atom is 0.130 e. The Bertz CT molecular complexity index is 184. The van der Waals surface area contributed by atoms with E-state index in [1.54, 1.807) is 0 Å². The molecule has 2 aliphatic rings. The lowest BCUT2D eigenvalue weighted by Gasteiger charge is -2.24. The Labute approximate surface area is 84.6 Å². The van der Waals surface area contributed by atoms with Gasteiger partial charge in [0.1, 0.15) is 4.33 Å². The maximum atomic E-state index is 6.33. The molecule has 2 heteroatoms. The molecular formula is C10H16Cl2. The average molecular weight is 207 g/mol. The van der Waals surface area contributed by atoms with Gasteiger partial charge in [-0.3, -0.25) is 0 Å². The third-order valence-electron chi connectivity index (χ3n) is 4.23. The van der Waals surface area contributed by atoms with Gasteiger partial charge in [0.2, 0.25) is 0 Å². The Morgan fingerprint density at radius 1 is 0.917 bits per heavy atom. The van der Waals surface area contributed by atoms with Crippen LogP contribution in [-0.4, -0.2) is 4.33 Å². The van der Waals surface area contributed by atoms with E-state index in [0.717, 1.165) is 0 Å². The molecule has 2 saturated carbocycles. The summed E-state index contributed by atoms with van der Waals surface area (Å²) in [5.41, 5.74) is 0.394. The number of hydrogen-bond acceptors (Lipinski definition) is 0. The molecule has 0 amide bonds. The van der Waals surface area contributed by atoms with Crippen molar-refractivity contribution in [3.8, 4) is 0 Å². The van der Waals surface area contributed by atoms with Gasteiger partial charge in [-0.1, -0.05) is 33.1 Å². The minimum Gasteiger partial charge on any atom is -0.100 e. The van der Waals surface area contributed by atoms with E-state index in [4.69, 9.17) is 23.2 Å². The van der Waals surface area contributed by atoms with Gasteiger partial charge in [-0.25, -0.2) is 0 Å². The summed E-state index contributed by atoms with van der Waals surface area (Å²) in [6, 6.07) is 0. The van der Waals surface area contributed by atoms with Crippen LogP contribution in [0.3, 0.4) is 0 Å². The number of halogens is 2. The number of rotatable bonds is 0. The van der Waals surface area contributed by atoms with Gasteiger partial charge in [0.05, 0.1) is 0 Å². The van der Waals surface area contributed by atoms with Crippen LogP contribution in [0.5, 0.6) is 0 Å². The normalized spacial score (nSPS) is 35.0. The zero-order valence-electron chi connectivity index (χ0n) is 7.79. The Morgan fingerprint density at radius 3 is 1.58 bits per heavy atom. The molecule has 0 N–H and O–H groups in total. The van der Waals surface area contributed by atoms with Crippen molar-refractivity contribution in [3.05, 3.63) is 0 Å². The number of alkyl halides is 2. The van der Waals surface area contributed by atoms with Crippen LogP contribution in [0.4, 0.5) is 0 Å². The van der Waals surface area contributed by atoms with Crippen LogP contribution >= 0.6 is 23.2 Å². The van der Waals surface area contributed by atoms with E-state index in [0.29, 0.717) is 0 Å². The second kappa shape index (κ2) is 2.33. The quantitative estimate of drug-likeness (QED) is 0.523. The summed E-state index contributed by atoms with van der Waals surface area (Å²) >= 11 is 12.7. The van der Waals surface area contributed by atoms with Crippen LogP contribution in [0.2, 0.25) is 0 Å².